The van der Waals surface area contributed by atoms with E-state index in [-0.39, 0.29) is 18.8 Å². The maximum Gasteiger partial charge on any atom is 0.408 e. The van der Waals surface area contributed by atoms with Crippen LogP contribution in [0.2, 0.25) is 0 Å². The number of carbonyl (C=O) groups excluding carboxylic acids is 3. The van der Waals surface area contributed by atoms with Crippen molar-refractivity contribution in [1.29, 1.82) is 0 Å². The molecule has 1 rings (SSSR count). The first kappa shape index (κ1) is 23.3. The molecule has 1 amide bonds. The molecule has 0 aliphatic rings. The van der Waals surface area contributed by atoms with Crippen LogP contribution in [0.3, 0.4) is 0 Å². The molecular weight excluding hydrogens is 366 g/mol. The second-order valence-corrected chi connectivity index (χ2v) is 7.05. The summed E-state index contributed by atoms with van der Waals surface area (Å²) in [4.78, 5) is 36.0. The third-order valence-corrected chi connectivity index (χ3v) is 3.60. The lowest BCUT2D eigenvalue weighted by Gasteiger charge is -2.23. The normalized spacial score (nSPS) is 11.9. The van der Waals surface area contributed by atoms with E-state index in [9.17, 15) is 14.4 Å². The van der Waals surface area contributed by atoms with Crippen LogP contribution < -0.4 is 10.1 Å². The van der Waals surface area contributed by atoms with E-state index in [1.54, 1.807) is 45.9 Å². The topological polar surface area (TPSA) is 100 Å². The van der Waals surface area contributed by atoms with Gasteiger partial charge in [0.25, 0.3) is 0 Å². The standard InChI is InChI=1S/C20H29NO7/c1-7-27-17(22)11-13-8-9-16(25-5)14(10-13)12-15(18(23)26-6)21-19(24)28-20(2,3)4/h8-10,15H,7,11-12H2,1-6H3,(H,21,24). The lowest BCUT2D eigenvalue weighted by atomic mass is 10.0. The number of hydrogen-bond donors (Lipinski definition) is 1. The fourth-order valence-corrected chi connectivity index (χ4v) is 2.49. The minimum Gasteiger partial charge on any atom is -0.496 e. The lowest BCUT2D eigenvalue weighted by Crippen LogP contribution is -2.45. The number of alkyl carbamates (subject to hydrolysis) is 1. The Bertz CT molecular complexity index is 694. The first-order valence-corrected chi connectivity index (χ1v) is 8.98. The van der Waals surface area contributed by atoms with Crippen molar-refractivity contribution in [2.75, 3.05) is 20.8 Å². The van der Waals surface area contributed by atoms with Crippen LogP contribution in [-0.2, 0) is 36.6 Å². The zero-order valence-electron chi connectivity index (χ0n) is 17.3. The molecule has 156 valence electrons. The first-order valence-electron chi connectivity index (χ1n) is 8.98. The minimum absolute atomic E-state index is 0.0905. The number of amides is 1. The molecule has 28 heavy (non-hydrogen) atoms. The quantitative estimate of drug-likeness (QED) is 0.533. The lowest BCUT2D eigenvalue weighted by molar-refractivity contribution is -0.143. The molecule has 0 spiro atoms. The molecular formula is C20H29NO7. The number of rotatable bonds is 8. The van der Waals surface area contributed by atoms with Gasteiger partial charge in [-0.1, -0.05) is 12.1 Å². The monoisotopic (exact) mass is 395 g/mol. The number of esters is 2. The minimum atomic E-state index is -0.980. The van der Waals surface area contributed by atoms with Crippen LogP contribution in [0, 0.1) is 0 Å². The molecule has 1 atom stereocenters. The largest absolute Gasteiger partial charge is 0.496 e. The van der Waals surface area contributed by atoms with E-state index < -0.39 is 23.7 Å². The van der Waals surface area contributed by atoms with E-state index in [0.717, 1.165) is 0 Å². The fraction of sp³-hybridized carbons (Fsp3) is 0.550. The van der Waals surface area contributed by atoms with Gasteiger partial charge in [-0.05, 0) is 44.9 Å². The Hall–Kier alpha value is -2.77. The molecule has 1 aromatic carbocycles. The van der Waals surface area contributed by atoms with Gasteiger partial charge in [-0.25, -0.2) is 9.59 Å². The van der Waals surface area contributed by atoms with Crippen LogP contribution >= 0.6 is 0 Å². The molecule has 0 saturated carbocycles. The average molecular weight is 395 g/mol. The second-order valence-electron chi connectivity index (χ2n) is 7.05. The highest BCUT2D eigenvalue weighted by atomic mass is 16.6. The Kier molecular flexibility index (Phi) is 8.76. The first-order chi connectivity index (χ1) is 13.1. The van der Waals surface area contributed by atoms with Gasteiger partial charge in [-0.15, -0.1) is 0 Å². The summed E-state index contributed by atoms with van der Waals surface area (Å²) in [7, 11) is 2.73. The predicted molar refractivity (Wildman–Crippen MR) is 102 cm³/mol. The van der Waals surface area contributed by atoms with Gasteiger partial charge >= 0.3 is 18.0 Å². The number of nitrogens with one attached hydrogen (secondary N) is 1. The highest BCUT2D eigenvalue weighted by Gasteiger charge is 2.26. The zero-order chi connectivity index (χ0) is 21.3. The van der Waals surface area contributed by atoms with Crippen LogP contribution in [-0.4, -0.2) is 50.5 Å². The van der Waals surface area contributed by atoms with Crippen LogP contribution in [0.15, 0.2) is 18.2 Å². The number of carbonyl (C=O) groups is 3. The molecule has 0 radical (unpaired) electrons. The SMILES string of the molecule is CCOC(=O)Cc1ccc(OC)c(CC(NC(=O)OC(C)(C)C)C(=O)OC)c1. The molecule has 8 heteroatoms. The number of ether oxygens (including phenoxy) is 4. The summed E-state index contributed by atoms with van der Waals surface area (Å²) in [6, 6.07) is 4.20. The fourth-order valence-electron chi connectivity index (χ4n) is 2.49. The summed E-state index contributed by atoms with van der Waals surface area (Å²) in [5.74, 6) is -0.453. The van der Waals surface area contributed by atoms with Gasteiger partial charge in [0, 0.05) is 6.42 Å². The van der Waals surface area contributed by atoms with Gasteiger partial charge < -0.3 is 24.3 Å². The molecule has 0 bridgehead atoms. The van der Waals surface area contributed by atoms with Gasteiger partial charge in [-0.2, -0.15) is 0 Å². The Morgan fingerprint density at radius 1 is 1.14 bits per heavy atom. The van der Waals surface area contributed by atoms with Gasteiger partial charge in [0.2, 0.25) is 0 Å². The van der Waals surface area contributed by atoms with Crippen molar-refractivity contribution >= 4 is 18.0 Å². The van der Waals surface area contributed by atoms with Gasteiger partial charge in [-0.3, -0.25) is 4.79 Å². The Labute approximate surface area is 165 Å². The van der Waals surface area contributed by atoms with Gasteiger partial charge in [0.05, 0.1) is 27.2 Å². The predicted octanol–water partition coefficient (Wildman–Crippen LogP) is 2.41. The molecule has 0 aliphatic heterocycles. The molecule has 1 N–H and O–H groups in total. The molecule has 0 aliphatic carbocycles. The third-order valence-electron chi connectivity index (χ3n) is 3.60. The molecule has 0 saturated heterocycles. The van der Waals surface area contributed by atoms with Gasteiger partial charge in [0.1, 0.15) is 17.4 Å². The smallest absolute Gasteiger partial charge is 0.408 e. The van der Waals surface area contributed by atoms with Gasteiger partial charge in [0.15, 0.2) is 0 Å². The summed E-state index contributed by atoms with van der Waals surface area (Å²) in [5, 5.41) is 2.52. The van der Waals surface area contributed by atoms with Crippen LogP contribution in [0.5, 0.6) is 5.75 Å². The average Bonchev–Trinajstić information content (AvgIpc) is 2.59. The number of benzene rings is 1. The summed E-state index contributed by atoms with van der Waals surface area (Å²) in [5.41, 5.74) is 0.632. The molecule has 8 nitrogen and oxygen atoms in total. The zero-order valence-corrected chi connectivity index (χ0v) is 17.3. The van der Waals surface area contributed by atoms with E-state index in [1.165, 1.54) is 14.2 Å². The molecule has 1 aromatic rings. The van der Waals surface area contributed by atoms with E-state index in [0.29, 0.717) is 23.5 Å². The van der Waals surface area contributed by atoms with Crippen LogP contribution in [0.25, 0.3) is 0 Å². The van der Waals surface area contributed by atoms with Crippen LogP contribution in [0.4, 0.5) is 4.79 Å². The van der Waals surface area contributed by atoms with Crippen molar-refractivity contribution in [3.63, 3.8) is 0 Å². The Balaban J connectivity index is 3.03. The maximum absolute atomic E-state index is 12.2. The van der Waals surface area contributed by atoms with Crippen molar-refractivity contribution in [1.82, 2.24) is 5.32 Å². The maximum atomic E-state index is 12.2. The highest BCUT2D eigenvalue weighted by molar-refractivity contribution is 5.82. The summed E-state index contributed by atoms with van der Waals surface area (Å²) in [6.45, 7) is 7.21. The van der Waals surface area contributed by atoms with Crippen molar-refractivity contribution in [3.05, 3.63) is 29.3 Å². The van der Waals surface area contributed by atoms with Crippen molar-refractivity contribution in [3.8, 4) is 5.75 Å². The van der Waals surface area contributed by atoms with Crippen molar-refractivity contribution in [2.45, 2.75) is 52.2 Å². The van der Waals surface area contributed by atoms with E-state index >= 15 is 0 Å². The summed E-state index contributed by atoms with van der Waals surface area (Å²) >= 11 is 0. The Morgan fingerprint density at radius 2 is 1.82 bits per heavy atom. The number of methoxy groups -OCH3 is 2. The second kappa shape index (κ2) is 10.5. The van der Waals surface area contributed by atoms with Crippen molar-refractivity contribution < 1.29 is 33.3 Å². The number of hydrogen-bond acceptors (Lipinski definition) is 7. The molecule has 0 fully saturated rings. The van der Waals surface area contributed by atoms with Crippen LogP contribution in [0.1, 0.15) is 38.8 Å². The highest BCUT2D eigenvalue weighted by Crippen LogP contribution is 2.22. The third kappa shape index (κ3) is 7.85. The van der Waals surface area contributed by atoms with Crippen molar-refractivity contribution in [2.24, 2.45) is 0 Å². The van der Waals surface area contributed by atoms with E-state index in [4.69, 9.17) is 18.9 Å². The molecule has 1 unspecified atom stereocenters. The summed E-state index contributed by atoms with van der Waals surface area (Å²) in [6.07, 6.45) is -0.538. The molecule has 0 aromatic heterocycles. The summed E-state index contributed by atoms with van der Waals surface area (Å²) < 4.78 is 20.3. The Morgan fingerprint density at radius 3 is 2.36 bits per heavy atom. The van der Waals surface area contributed by atoms with E-state index in [2.05, 4.69) is 5.32 Å². The van der Waals surface area contributed by atoms with E-state index in [1.807, 2.05) is 0 Å². The molecule has 0 heterocycles.